The van der Waals surface area contributed by atoms with Gasteiger partial charge in [-0.15, -0.1) is 0 Å². The van der Waals surface area contributed by atoms with E-state index >= 15 is 0 Å². The van der Waals surface area contributed by atoms with E-state index in [0.717, 1.165) is 6.42 Å². The lowest BCUT2D eigenvalue weighted by Crippen LogP contribution is -2.53. The highest BCUT2D eigenvalue weighted by Crippen LogP contribution is 2.35. The van der Waals surface area contributed by atoms with Crippen LogP contribution >= 0.6 is 0 Å². The molecule has 106 valence electrons. The first-order valence-electron chi connectivity index (χ1n) is 7.15. The van der Waals surface area contributed by atoms with Crippen LogP contribution in [-0.4, -0.2) is 35.3 Å². The van der Waals surface area contributed by atoms with Crippen molar-refractivity contribution in [3.05, 3.63) is 35.4 Å². The van der Waals surface area contributed by atoms with Gasteiger partial charge in [0.05, 0.1) is 0 Å². The summed E-state index contributed by atoms with van der Waals surface area (Å²) in [5, 5.41) is 2.80. The predicted molar refractivity (Wildman–Crippen MR) is 76.3 cm³/mol. The summed E-state index contributed by atoms with van der Waals surface area (Å²) in [6.45, 7) is 4.79. The minimum atomic E-state index is -0.795. The van der Waals surface area contributed by atoms with E-state index in [1.807, 2.05) is 11.0 Å². The van der Waals surface area contributed by atoms with E-state index in [1.165, 1.54) is 11.1 Å². The third kappa shape index (κ3) is 2.19. The Bertz CT molecular complexity index is 565. The predicted octanol–water partition coefficient (Wildman–Crippen LogP) is 1.45. The van der Waals surface area contributed by atoms with Crippen LogP contribution in [0.15, 0.2) is 24.3 Å². The lowest BCUT2D eigenvalue weighted by atomic mass is 9.77. The van der Waals surface area contributed by atoms with E-state index in [4.69, 9.17) is 0 Å². The maximum atomic E-state index is 12.5. The van der Waals surface area contributed by atoms with Gasteiger partial charge in [0.15, 0.2) is 0 Å². The number of hydrogen-bond acceptors (Lipinski definition) is 2. The zero-order valence-corrected chi connectivity index (χ0v) is 12.0. The zero-order chi connectivity index (χ0) is 14.3. The largest absolute Gasteiger partial charge is 0.342 e. The van der Waals surface area contributed by atoms with Crippen molar-refractivity contribution in [1.29, 1.82) is 0 Å². The fourth-order valence-corrected chi connectivity index (χ4v) is 3.16. The van der Waals surface area contributed by atoms with Gasteiger partial charge >= 0.3 is 0 Å². The molecule has 1 unspecified atom stereocenters. The minimum absolute atomic E-state index is 0.0210. The quantitative estimate of drug-likeness (QED) is 0.886. The van der Waals surface area contributed by atoms with Crippen molar-refractivity contribution in [2.24, 2.45) is 0 Å². The molecule has 4 heteroatoms. The maximum absolute atomic E-state index is 12.5. The van der Waals surface area contributed by atoms with E-state index < -0.39 is 5.54 Å². The summed E-state index contributed by atoms with van der Waals surface area (Å²) < 4.78 is 0. The normalized spacial score (nSPS) is 24.5. The Hall–Kier alpha value is -1.84. The molecule has 0 aromatic heterocycles. The highest BCUT2D eigenvalue weighted by Gasteiger charge is 2.38. The second kappa shape index (κ2) is 4.62. The van der Waals surface area contributed by atoms with Gasteiger partial charge in [0.1, 0.15) is 5.54 Å². The molecule has 1 aliphatic heterocycles. The van der Waals surface area contributed by atoms with Crippen LogP contribution in [0.1, 0.15) is 37.3 Å². The molecule has 1 aromatic rings. The van der Waals surface area contributed by atoms with Gasteiger partial charge in [-0.1, -0.05) is 24.3 Å². The zero-order valence-electron chi connectivity index (χ0n) is 12.0. The molecule has 1 fully saturated rings. The molecule has 1 heterocycles. The van der Waals surface area contributed by atoms with Crippen LogP contribution in [0.4, 0.5) is 0 Å². The van der Waals surface area contributed by atoms with E-state index in [2.05, 4.69) is 23.5 Å². The first kappa shape index (κ1) is 13.2. The molecule has 20 heavy (non-hydrogen) atoms. The highest BCUT2D eigenvalue weighted by molar-refractivity contribution is 5.92. The Morgan fingerprint density at radius 1 is 1.30 bits per heavy atom. The van der Waals surface area contributed by atoms with Crippen molar-refractivity contribution in [2.75, 3.05) is 13.1 Å². The Labute approximate surface area is 119 Å². The van der Waals surface area contributed by atoms with E-state index in [1.54, 1.807) is 13.8 Å². The van der Waals surface area contributed by atoms with Crippen LogP contribution in [-0.2, 0) is 16.0 Å². The molecule has 0 spiro atoms. The fourth-order valence-electron chi connectivity index (χ4n) is 3.16. The van der Waals surface area contributed by atoms with Gasteiger partial charge in [-0.3, -0.25) is 9.59 Å². The number of rotatable bonds is 2. The Morgan fingerprint density at radius 3 is 2.80 bits per heavy atom. The summed E-state index contributed by atoms with van der Waals surface area (Å²) in [6.07, 6.45) is 1.42. The number of fused-ring (bicyclic) bond motifs is 1. The molecule has 0 saturated carbocycles. The molecule has 4 nitrogen and oxygen atoms in total. The molecule has 0 bridgehead atoms. The maximum Gasteiger partial charge on any atom is 0.247 e. The van der Waals surface area contributed by atoms with Crippen molar-refractivity contribution in [2.45, 2.75) is 38.1 Å². The highest BCUT2D eigenvalue weighted by atomic mass is 16.2. The Kier molecular flexibility index (Phi) is 3.04. The minimum Gasteiger partial charge on any atom is -0.342 e. The molecule has 1 aliphatic carbocycles. The molecule has 3 rings (SSSR count). The molecule has 1 atom stereocenters. The second-order valence-electron chi connectivity index (χ2n) is 6.27. The van der Waals surface area contributed by atoms with Crippen LogP contribution in [0, 0.1) is 0 Å². The van der Waals surface area contributed by atoms with Crippen LogP contribution in [0.25, 0.3) is 0 Å². The lowest BCUT2D eigenvalue weighted by molar-refractivity contribution is -0.137. The summed E-state index contributed by atoms with van der Waals surface area (Å²) in [4.78, 5) is 26.0. The number of hydrogen-bond donors (Lipinski definition) is 1. The monoisotopic (exact) mass is 272 g/mol. The standard InChI is InChI=1S/C16H20N2O2/c1-16(2)15(20)18(8-7-14(19)17-16)10-12-9-11-5-3-4-6-13(11)12/h3-6,12H,7-10H2,1-2H3,(H,17,19). The number of amides is 2. The number of carbonyl (C=O) groups excluding carboxylic acids is 2. The third-order valence-corrected chi connectivity index (χ3v) is 4.28. The molecular weight excluding hydrogens is 252 g/mol. The number of carbonyl (C=O) groups is 2. The van der Waals surface area contributed by atoms with Gasteiger partial charge in [-0.05, 0) is 31.4 Å². The van der Waals surface area contributed by atoms with Gasteiger partial charge < -0.3 is 10.2 Å². The van der Waals surface area contributed by atoms with Crippen molar-refractivity contribution >= 4 is 11.8 Å². The number of nitrogens with one attached hydrogen (secondary N) is 1. The van der Waals surface area contributed by atoms with E-state index in [0.29, 0.717) is 25.4 Å². The summed E-state index contributed by atoms with van der Waals surface area (Å²) in [5.41, 5.74) is 1.94. The Morgan fingerprint density at radius 2 is 2.05 bits per heavy atom. The molecule has 1 saturated heterocycles. The van der Waals surface area contributed by atoms with Crippen LogP contribution in [0.2, 0.25) is 0 Å². The summed E-state index contributed by atoms with van der Waals surface area (Å²) in [6, 6.07) is 8.38. The van der Waals surface area contributed by atoms with Crippen LogP contribution in [0.3, 0.4) is 0 Å². The van der Waals surface area contributed by atoms with Gasteiger partial charge in [0, 0.05) is 25.4 Å². The molecular formula is C16H20N2O2. The lowest BCUT2D eigenvalue weighted by Gasteiger charge is -2.36. The number of nitrogens with zero attached hydrogens (tertiary/aromatic N) is 1. The second-order valence-corrected chi connectivity index (χ2v) is 6.27. The van der Waals surface area contributed by atoms with Crippen molar-refractivity contribution in [1.82, 2.24) is 10.2 Å². The van der Waals surface area contributed by atoms with Gasteiger partial charge in [0.2, 0.25) is 11.8 Å². The molecule has 1 N–H and O–H groups in total. The first-order chi connectivity index (χ1) is 9.47. The van der Waals surface area contributed by atoms with Crippen LogP contribution < -0.4 is 5.32 Å². The summed E-state index contributed by atoms with van der Waals surface area (Å²) in [5.74, 6) is 0.395. The number of benzene rings is 1. The Balaban J connectivity index is 1.75. The molecule has 2 aliphatic rings. The summed E-state index contributed by atoms with van der Waals surface area (Å²) >= 11 is 0. The summed E-state index contributed by atoms with van der Waals surface area (Å²) in [7, 11) is 0. The smallest absolute Gasteiger partial charge is 0.247 e. The third-order valence-electron chi connectivity index (χ3n) is 4.28. The van der Waals surface area contributed by atoms with Crippen LogP contribution in [0.5, 0.6) is 0 Å². The average molecular weight is 272 g/mol. The van der Waals surface area contributed by atoms with E-state index in [-0.39, 0.29) is 11.8 Å². The first-order valence-corrected chi connectivity index (χ1v) is 7.15. The van der Waals surface area contributed by atoms with Crippen molar-refractivity contribution in [3.8, 4) is 0 Å². The average Bonchev–Trinajstić information content (AvgIpc) is 2.46. The SMILES string of the molecule is CC1(C)NC(=O)CCN(CC2Cc3ccccc32)C1=O. The van der Waals surface area contributed by atoms with Crippen molar-refractivity contribution < 1.29 is 9.59 Å². The van der Waals surface area contributed by atoms with Crippen molar-refractivity contribution in [3.63, 3.8) is 0 Å². The van der Waals surface area contributed by atoms with E-state index in [9.17, 15) is 9.59 Å². The molecule has 2 amide bonds. The fraction of sp³-hybridized carbons (Fsp3) is 0.500. The molecule has 0 radical (unpaired) electrons. The van der Waals surface area contributed by atoms with Gasteiger partial charge in [-0.25, -0.2) is 0 Å². The van der Waals surface area contributed by atoms with Gasteiger partial charge in [-0.2, -0.15) is 0 Å². The van der Waals surface area contributed by atoms with Gasteiger partial charge in [0.25, 0.3) is 0 Å². The topological polar surface area (TPSA) is 49.4 Å². The molecule has 1 aromatic carbocycles.